The molecule has 0 aliphatic rings. The van der Waals surface area contributed by atoms with Crippen LogP contribution in [0, 0.1) is 5.82 Å². The van der Waals surface area contributed by atoms with Crippen LogP contribution in [0.25, 0.3) is 0 Å². The van der Waals surface area contributed by atoms with E-state index < -0.39 is 0 Å². The van der Waals surface area contributed by atoms with Gasteiger partial charge in [0.1, 0.15) is 5.82 Å². The fourth-order valence-corrected chi connectivity index (χ4v) is 1.93. The standard InChI is InChI=1S/C13H19ClFN/c1-2-3-4-5-11(16)8-10-6-7-13(15)12(14)9-10/h6-7,9,11H,2-5,8,16H2,1H3. The molecule has 16 heavy (non-hydrogen) atoms. The highest BCUT2D eigenvalue weighted by atomic mass is 35.5. The molecular weight excluding hydrogens is 225 g/mol. The van der Waals surface area contributed by atoms with Gasteiger partial charge in [-0.2, -0.15) is 0 Å². The first-order valence-corrected chi connectivity index (χ1v) is 6.20. The topological polar surface area (TPSA) is 26.0 Å². The minimum Gasteiger partial charge on any atom is -0.327 e. The van der Waals surface area contributed by atoms with Gasteiger partial charge in [-0.3, -0.25) is 0 Å². The van der Waals surface area contributed by atoms with Crippen molar-refractivity contribution >= 4 is 11.6 Å². The van der Waals surface area contributed by atoms with Crippen molar-refractivity contribution in [3.8, 4) is 0 Å². The first kappa shape index (κ1) is 13.5. The van der Waals surface area contributed by atoms with Crippen molar-refractivity contribution in [3.05, 3.63) is 34.6 Å². The first-order chi connectivity index (χ1) is 7.63. The highest BCUT2D eigenvalue weighted by Gasteiger charge is 2.06. The van der Waals surface area contributed by atoms with E-state index in [2.05, 4.69) is 6.92 Å². The zero-order chi connectivity index (χ0) is 12.0. The van der Waals surface area contributed by atoms with Crippen LogP contribution in [0.3, 0.4) is 0 Å². The average molecular weight is 244 g/mol. The van der Waals surface area contributed by atoms with Crippen LogP contribution in [0.1, 0.15) is 38.2 Å². The Bertz CT molecular complexity index is 328. The smallest absolute Gasteiger partial charge is 0.141 e. The van der Waals surface area contributed by atoms with Crippen LogP contribution in [-0.4, -0.2) is 6.04 Å². The summed E-state index contributed by atoms with van der Waals surface area (Å²) in [6.45, 7) is 2.17. The lowest BCUT2D eigenvalue weighted by Crippen LogP contribution is -2.22. The Kier molecular flexibility index (Phi) is 5.78. The molecule has 0 fully saturated rings. The maximum absolute atomic E-state index is 12.9. The van der Waals surface area contributed by atoms with Gasteiger partial charge in [-0.15, -0.1) is 0 Å². The number of hydrogen-bond acceptors (Lipinski definition) is 1. The summed E-state index contributed by atoms with van der Waals surface area (Å²) in [5.41, 5.74) is 7.01. The van der Waals surface area contributed by atoms with Gasteiger partial charge in [-0.1, -0.05) is 43.9 Å². The van der Waals surface area contributed by atoms with Gasteiger partial charge >= 0.3 is 0 Å². The normalized spacial score (nSPS) is 12.8. The Labute approximate surface area is 102 Å². The lowest BCUT2D eigenvalue weighted by molar-refractivity contribution is 0.556. The van der Waals surface area contributed by atoms with E-state index in [-0.39, 0.29) is 16.9 Å². The van der Waals surface area contributed by atoms with Gasteiger partial charge in [0.2, 0.25) is 0 Å². The molecule has 0 bridgehead atoms. The second kappa shape index (κ2) is 6.87. The highest BCUT2D eigenvalue weighted by Crippen LogP contribution is 2.17. The summed E-state index contributed by atoms with van der Waals surface area (Å²) in [4.78, 5) is 0. The molecule has 0 amide bonds. The van der Waals surface area contributed by atoms with E-state index in [0.29, 0.717) is 0 Å². The summed E-state index contributed by atoms with van der Waals surface area (Å²) < 4.78 is 12.9. The maximum Gasteiger partial charge on any atom is 0.141 e. The van der Waals surface area contributed by atoms with Crippen LogP contribution in [0.15, 0.2) is 18.2 Å². The molecule has 1 rings (SSSR count). The molecule has 1 unspecified atom stereocenters. The van der Waals surface area contributed by atoms with Gasteiger partial charge in [0.15, 0.2) is 0 Å². The van der Waals surface area contributed by atoms with Gasteiger partial charge < -0.3 is 5.73 Å². The molecule has 0 heterocycles. The minimum atomic E-state index is -0.370. The summed E-state index contributed by atoms with van der Waals surface area (Å²) in [5.74, 6) is -0.370. The highest BCUT2D eigenvalue weighted by molar-refractivity contribution is 6.30. The molecule has 0 radical (unpaired) electrons. The Morgan fingerprint density at radius 3 is 2.75 bits per heavy atom. The Morgan fingerprint density at radius 2 is 2.12 bits per heavy atom. The fraction of sp³-hybridized carbons (Fsp3) is 0.538. The Hall–Kier alpha value is -0.600. The molecule has 3 heteroatoms. The first-order valence-electron chi connectivity index (χ1n) is 5.83. The monoisotopic (exact) mass is 243 g/mol. The van der Waals surface area contributed by atoms with Crippen molar-refractivity contribution in [1.29, 1.82) is 0 Å². The summed E-state index contributed by atoms with van der Waals surface area (Å²) >= 11 is 5.71. The SMILES string of the molecule is CCCCCC(N)Cc1ccc(F)c(Cl)c1. The third kappa shape index (κ3) is 4.50. The predicted molar refractivity (Wildman–Crippen MR) is 67.2 cm³/mol. The van der Waals surface area contributed by atoms with Crippen LogP contribution in [-0.2, 0) is 6.42 Å². The quantitative estimate of drug-likeness (QED) is 0.753. The molecule has 1 aromatic rings. The molecule has 0 aromatic heterocycles. The van der Waals surface area contributed by atoms with Crippen molar-refractivity contribution in [3.63, 3.8) is 0 Å². The molecule has 0 aliphatic carbocycles. The number of unbranched alkanes of at least 4 members (excludes halogenated alkanes) is 2. The van der Waals surface area contributed by atoms with Crippen LogP contribution in [0.4, 0.5) is 4.39 Å². The van der Waals surface area contributed by atoms with Crippen molar-refractivity contribution < 1.29 is 4.39 Å². The summed E-state index contributed by atoms with van der Waals surface area (Å²) in [7, 11) is 0. The van der Waals surface area contributed by atoms with E-state index in [4.69, 9.17) is 17.3 Å². The van der Waals surface area contributed by atoms with Gasteiger partial charge in [0, 0.05) is 6.04 Å². The number of nitrogens with two attached hydrogens (primary N) is 1. The second-order valence-electron chi connectivity index (χ2n) is 4.21. The minimum absolute atomic E-state index is 0.146. The molecule has 1 nitrogen and oxygen atoms in total. The van der Waals surface area contributed by atoms with Gasteiger partial charge in [-0.05, 0) is 30.5 Å². The summed E-state index contributed by atoms with van der Waals surface area (Å²) in [5, 5.41) is 0.179. The second-order valence-corrected chi connectivity index (χ2v) is 4.62. The molecule has 0 aliphatic heterocycles. The van der Waals surface area contributed by atoms with Gasteiger partial charge in [0.05, 0.1) is 5.02 Å². The fourth-order valence-electron chi connectivity index (χ4n) is 1.73. The zero-order valence-corrected chi connectivity index (χ0v) is 10.4. The molecule has 1 aromatic carbocycles. The lowest BCUT2D eigenvalue weighted by Gasteiger charge is -2.11. The molecule has 90 valence electrons. The van der Waals surface area contributed by atoms with E-state index in [1.165, 1.54) is 18.9 Å². The van der Waals surface area contributed by atoms with Crippen LogP contribution in [0.2, 0.25) is 5.02 Å². The Morgan fingerprint density at radius 1 is 1.38 bits per heavy atom. The summed E-state index contributed by atoms with van der Waals surface area (Å²) in [6, 6.07) is 4.96. The van der Waals surface area contributed by atoms with Crippen LogP contribution in [0.5, 0.6) is 0 Å². The van der Waals surface area contributed by atoms with Crippen LogP contribution < -0.4 is 5.73 Å². The van der Waals surface area contributed by atoms with E-state index >= 15 is 0 Å². The van der Waals surface area contributed by atoms with E-state index in [9.17, 15) is 4.39 Å². The zero-order valence-electron chi connectivity index (χ0n) is 9.68. The van der Waals surface area contributed by atoms with Gasteiger partial charge in [0.25, 0.3) is 0 Å². The number of benzene rings is 1. The van der Waals surface area contributed by atoms with Crippen molar-refractivity contribution in [2.24, 2.45) is 5.73 Å². The van der Waals surface area contributed by atoms with Crippen molar-refractivity contribution in [1.82, 2.24) is 0 Å². The molecule has 2 N–H and O–H groups in total. The molecule has 0 spiro atoms. The average Bonchev–Trinajstić information content (AvgIpc) is 2.24. The third-order valence-electron chi connectivity index (χ3n) is 2.66. The molecule has 0 saturated heterocycles. The third-order valence-corrected chi connectivity index (χ3v) is 2.95. The van der Waals surface area contributed by atoms with E-state index in [0.717, 1.165) is 24.8 Å². The lowest BCUT2D eigenvalue weighted by atomic mass is 10.0. The van der Waals surface area contributed by atoms with Crippen molar-refractivity contribution in [2.45, 2.75) is 45.1 Å². The predicted octanol–water partition coefficient (Wildman–Crippen LogP) is 3.93. The van der Waals surface area contributed by atoms with E-state index in [1.54, 1.807) is 12.1 Å². The number of halogens is 2. The Balaban J connectivity index is 2.43. The number of rotatable bonds is 6. The maximum atomic E-state index is 12.9. The van der Waals surface area contributed by atoms with Crippen molar-refractivity contribution in [2.75, 3.05) is 0 Å². The molecular formula is C13H19ClFN. The summed E-state index contributed by atoms with van der Waals surface area (Å²) in [6.07, 6.45) is 5.37. The number of hydrogen-bond donors (Lipinski definition) is 1. The van der Waals surface area contributed by atoms with E-state index in [1.807, 2.05) is 0 Å². The molecule has 1 atom stereocenters. The molecule has 0 saturated carbocycles. The van der Waals surface area contributed by atoms with Crippen LogP contribution >= 0.6 is 11.6 Å². The largest absolute Gasteiger partial charge is 0.327 e. The van der Waals surface area contributed by atoms with Gasteiger partial charge in [-0.25, -0.2) is 4.39 Å².